The standard InChI is InChI=1S/C21H21FN4O2/c22-15-7-2-4-10-19(15)26-18-11-5-9-16(14(18)12-23-26)24-21(27)20-13-6-1-3-8-17(13)25-28-20/h2,4,7,10,12,16H,1,3,5-6,8-9,11H2,(H,24,27)/t16-/m0/s1. The molecule has 6 nitrogen and oxygen atoms in total. The number of hydrogen-bond donors (Lipinski definition) is 1. The average molecular weight is 380 g/mol. The van der Waals surface area contributed by atoms with Crippen molar-refractivity contribution in [2.45, 2.75) is 51.0 Å². The van der Waals surface area contributed by atoms with E-state index >= 15 is 0 Å². The second-order valence-corrected chi connectivity index (χ2v) is 7.47. The highest BCUT2D eigenvalue weighted by Crippen LogP contribution is 2.32. The highest BCUT2D eigenvalue weighted by Gasteiger charge is 2.30. The van der Waals surface area contributed by atoms with Gasteiger partial charge in [-0.25, -0.2) is 9.07 Å². The molecule has 1 N–H and O–H groups in total. The van der Waals surface area contributed by atoms with Gasteiger partial charge in [0.05, 0.1) is 17.9 Å². The maximum absolute atomic E-state index is 14.2. The third kappa shape index (κ3) is 2.82. The summed E-state index contributed by atoms with van der Waals surface area (Å²) in [6.45, 7) is 0. The third-order valence-electron chi connectivity index (χ3n) is 5.74. The van der Waals surface area contributed by atoms with Crippen LogP contribution in [0.1, 0.15) is 64.8 Å². The molecule has 0 unspecified atom stereocenters. The lowest BCUT2D eigenvalue weighted by Gasteiger charge is -2.24. The number of carbonyl (C=O) groups excluding carboxylic acids is 1. The Balaban J connectivity index is 1.42. The van der Waals surface area contributed by atoms with Crippen molar-refractivity contribution in [2.24, 2.45) is 0 Å². The molecule has 0 radical (unpaired) electrons. The number of halogens is 1. The molecule has 2 aromatic heterocycles. The first-order valence-corrected chi connectivity index (χ1v) is 9.82. The van der Waals surface area contributed by atoms with E-state index in [1.54, 1.807) is 29.1 Å². The Morgan fingerprint density at radius 2 is 2.04 bits per heavy atom. The normalized spacial score (nSPS) is 18.4. The van der Waals surface area contributed by atoms with Crippen molar-refractivity contribution in [2.75, 3.05) is 0 Å². The van der Waals surface area contributed by atoms with Crippen molar-refractivity contribution in [3.05, 3.63) is 64.6 Å². The van der Waals surface area contributed by atoms with Crippen LogP contribution < -0.4 is 5.32 Å². The Bertz CT molecular complexity index is 1040. The van der Waals surface area contributed by atoms with Gasteiger partial charge >= 0.3 is 0 Å². The van der Waals surface area contributed by atoms with E-state index in [-0.39, 0.29) is 17.8 Å². The number of benzene rings is 1. The Morgan fingerprint density at radius 3 is 2.93 bits per heavy atom. The van der Waals surface area contributed by atoms with Crippen LogP contribution in [0.2, 0.25) is 0 Å². The lowest BCUT2D eigenvalue weighted by molar-refractivity contribution is 0.0894. The van der Waals surface area contributed by atoms with Crippen molar-refractivity contribution in [1.29, 1.82) is 0 Å². The van der Waals surface area contributed by atoms with Gasteiger partial charge in [0.25, 0.3) is 5.91 Å². The maximum atomic E-state index is 14.2. The molecular weight excluding hydrogens is 359 g/mol. The van der Waals surface area contributed by atoms with Crippen LogP contribution >= 0.6 is 0 Å². The quantitative estimate of drug-likeness (QED) is 0.752. The molecule has 0 spiro atoms. The number of amides is 1. The second kappa shape index (κ2) is 6.89. The molecule has 0 aliphatic heterocycles. The van der Waals surface area contributed by atoms with E-state index in [0.29, 0.717) is 11.4 Å². The molecule has 7 heteroatoms. The zero-order chi connectivity index (χ0) is 19.1. The van der Waals surface area contributed by atoms with Gasteiger partial charge in [0, 0.05) is 16.8 Å². The first kappa shape index (κ1) is 17.2. The highest BCUT2D eigenvalue weighted by atomic mass is 19.1. The zero-order valence-corrected chi connectivity index (χ0v) is 15.4. The number of carbonyl (C=O) groups is 1. The van der Waals surface area contributed by atoms with E-state index in [4.69, 9.17) is 4.52 Å². The number of hydrogen-bond acceptors (Lipinski definition) is 4. The second-order valence-electron chi connectivity index (χ2n) is 7.47. The lowest BCUT2D eigenvalue weighted by Crippen LogP contribution is -2.31. The highest BCUT2D eigenvalue weighted by molar-refractivity contribution is 5.93. The molecular formula is C21H21FN4O2. The van der Waals surface area contributed by atoms with E-state index in [2.05, 4.69) is 15.6 Å². The van der Waals surface area contributed by atoms with E-state index in [0.717, 1.165) is 67.5 Å². The first-order valence-electron chi connectivity index (χ1n) is 9.82. The summed E-state index contributed by atoms with van der Waals surface area (Å²) in [6.07, 6.45) is 8.09. The summed E-state index contributed by atoms with van der Waals surface area (Å²) in [5.41, 5.74) is 4.17. The topological polar surface area (TPSA) is 73.0 Å². The average Bonchev–Trinajstić information content (AvgIpc) is 3.33. The molecule has 0 fully saturated rings. The maximum Gasteiger partial charge on any atom is 0.290 e. The van der Waals surface area contributed by atoms with Crippen LogP contribution in [-0.2, 0) is 19.3 Å². The summed E-state index contributed by atoms with van der Waals surface area (Å²) in [7, 11) is 0. The van der Waals surface area contributed by atoms with Crippen molar-refractivity contribution < 1.29 is 13.7 Å². The molecule has 2 heterocycles. The summed E-state index contributed by atoms with van der Waals surface area (Å²) in [4.78, 5) is 12.9. The summed E-state index contributed by atoms with van der Waals surface area (Å²) in [6, 6.07) is 6.43. The monoisotopic (exact) mass is 380 g/mol. The van der Waals surface area contributed by atoms with Gasteiger partial charge in [-0.3, -0.25) is 4.79 Å². The van der Waals surface area contributed by atoms with Crippen LogP contribution in [0.4, 0.5) is 4.39 Å². The molecule has 28 heavy (non-hydrogen) atoms. The fourth-order valence-corrected chi connectivity index (χ4v) is 4.33. The van der Waals surface area contributed by atoms with Gasteiger partial charge in [0.15, 0.2) is 0 Å². The smallest absolute Gasteiger partial charge is 0.290 e. The molecule has 1 amide bonds. The minimum Gasteiger partial charge on any atom is -0.350 e. The van der Waals surface area contributed by atoms with Gasteiger partial charge in [-0.05, 0) is 57.1 Å². The van der Waals surface area contributed by atoms with E-state index < -0.39 is 0 Å². The number of nitrogens with zero attached hydrogens (tertiary/aromatic N) is 3. The van der Waals surface area contributed by atoms with Gasteiger partial charge in [0.1, 0.15) is 11.5 Å². The minimum absolute atomic E-state index is 0.166. The summed E-state index contributed by atoms with van der Waals surface area (Å²) in [5.74, 6) is -0.205. The minimum atomic E-state index is -0.312. The van der Waals surface area contributed by atoms with Gasteiger partial charge in [-0.2, -0.15) is 5.10 Å². The van der Waals surface area contributed by atoms with E-state index in [1.165, 1.54) is 6.07 Å². The molecule has 144 valence electrons. The molecule has 1 aromatic carbocycles. The zero-order valence-electron chi connectivity index (χ0n) is 15.4. The Kier molecular flexibility index (Phi) is 4.22. The lowest BCUT2D eigenvalue weighted by atomic mass is 9.92. The number of nitrogens with one attached hydrogen (secondary N) is 1. The number of fused-ring (bicyclic) bond motifs is 2. The summed E-state index contributed by atoms with van der Waals surface area (Å²) in [5, 5.41) is 11.6. The van der Waals surface area contributed by atoms with E-state index in [1.807, 2.05) is 0 Å². The fourth-order valence-electron chi connectivity index (χ4n) is 4.33. The van der Waals surface area contributed by atoms with Crippen LogP contribution in [0.3, 0.4) is 0 Å². The van der Waals surface area contributed by atoms with E-state index in [9.17, 15) is 9.18 Å². The SMILES string of the molecule is O=C(N[C@H]1CCCc2c1cnn2-c1ccccc1F)c1onc2c1CCCC2. The Hall–Kier alpha value is -2.96. The third-order valence-corrected chi connectivity index (χ3v) is 5.74. The molecule has 3 aromatic rings. The van der Waals surface area contributed by atoms with Crippen LogP contribution in [0.15, 0.2) is 35.0 Å². The molecule has 0 saturated carbocycles. The molecule has 2 aliphatic rings. The molecule has 5 rings (SSSR count). The number of aromatic nitrogens is 3. The number of rotatable bonds is 3. The van der Waals surface area contributed by atoms with Crippen LogP contribution in [0.25, 0.3) is 5.69 Å². The first-order chi connectivity index (χ1) is 13.7. The molecule has 0 saturated heterocycles. The predicted octanol–water partition coefficient (Wildman–Crippen LogP) is 3.69. The molecule has 0 bridgehead atoms. The largest absolute Gasteiger partial charge is 0.350 e. The van der Waals surface area contributed by atoms with Gasteiger partial charge in [-0.1, -0.05) is 17.3 Å². The van der Waals surface area contributed by atoms with Crippen LogP contribution in [-0.4, -0.2) is 20.8 Å². The van der Waals surface area contributed by atoms with Crippen LogP contribution in [0.5, 0.6) is 0 Å². The van der Waals surface area contributed by atoms with Crippen molar-refractivity contribution in [3.63, 3.8) is 0 Å². The van der Waals surface area contributed by atoms with Crippen molar-refractivity contribution in [1.82, 2.24) is 20.3 Å². The van der Waals surface area contributed by atoms with Crippen molar-refractivity contribution in [3.8, 4) is 5.69 Å². The predicted molar refractivity (Wildman–Crippen MR) is 99.8 cm³/mol. The van der Waals surface area contributed by atoms with Gasteiger partial charge in [0.2, 0.25) is 5.76 Å². The molecule has 2 aliphatic carbocycles. The van der Waals surface area contributed by atoms with Crippen LogP contribution in [0, 0.1) is 5.82 Å². The summed E-state index contributed by atoms with van der Waals surface area (Å²) >= 11 is 0. The number of para-hydroxylation sites is 1. The van der Waals surface area contributed by atoms with Gasteiger partial charge in [-0.15, -0.1) is 0 Å². The summed E-state index contributed by atoms with van der Waals surface area (Å²) < 4.78 is 21.2. The Labute approximate surface area is 161 Å². The number of aryl methyl sites for hydroxylation is 1. The van der Waals surface area contributed by atoms with Gasteiger partial charge < -0.3 is 9.84 Å². The molecule has 1 atom stereocenters. The fraction of sp³-hybridized carbons (Fsp3) is 0.381. The Morgan fingerprint density at radius 1 is 1.18 bits per heavy atom. The van der Waals surface area contributed by atoms with Crippen molar-refractivity contribution >= 4 is 5.91 Å².